The summed E-state index contributed by atoms with van der Waals surface area (Å²) in [5.41, 5.74) is 1.88. The third-order valence-corrected chi connectivity index (χ3v) is 6.00. The summed E-state index contributed by atoms with van der Waals surface area (Å²) in [5.74, 6) is 1.11. The Kier molecular flexibility index (Phi) is 6.43. The van der Waals surface area contributed by atoms with Gasteiger partial charge in [-0.15, -0.1) is 0 Å². The Morgan fingerprint density at radius 1 is 1.12 bits per heavy atom. The van der Waals surface area contributed by atoms with E-state index in [1.54, 1.807) is 62.6 Å². The minimum atomic E-state index is -0.365. The van der Waals surface area contributed by atoms with Crippen LogP contribution in [-0.2, 0) is 9.53 Å². The number of ether oxygens (including phenoxy) is 2. The van der Waals surface area contributed by atoms with E-state index < -0.39 is 0 Å². The lowest BCUT2D eigenvalue weighted by Crippen LogP contribution is -2.27. The SMILES string of the molecule is CCOC(=O)c1ccc(-c2ccc(/C=C3\SC(=S)N(c4ccccc4OC)C3=O)o2)cc1. The van der Waals surface area contributed by atoms with Crippen LogP contribution in [0.3, 0.4) is 0 Å². The standard InChI is InChI=1S/C24H19NO5S2/c1-3-29-23(27)16-10-8-15(9-11-16)19-13-12-17(30-19)14-21-22(26)25(24(31)32-21)18-6-4-5-7-20(18)28-2/h4-14H,3H2,1-2H3/b21-14-. The van der Waals surface area contributed by atoms with E-state index in [-0.39, 0.29) is 11.9 Å². The van der Waals surface area contributed by atoms with Crippen molar-refractivity contribution in [1.29, 1.82) is 0 Å². The number of carbonyl (C=O) groups is 2. The third-order valence-electron chi connectivity index (χ3n) is 4.70. The summed E-state index contributed by atoms with van der Waals surface area (Å²) in [4.78, 5) is 26.8. The molecule has 2 heterocycles. The van der Waals surface area contributed by atoms with Crippen molar-refractivity contribution in [2.75, 3.05) is 18.6 Å². The molecule has 3 aromatic rings. The molecule has 0 N–H and O–H groups in total. The molecular weight excluding hydrogens is 446 g/mol. The molecule has 1 aliphatic rings. The van der Waals surface area contributed by atoms with Gasteiger partial charge in [0.05, 0.1) is 29.9 Å². The zero-order valence-corrected chi connectivity index (χ0v) is 19.0. The Labute approximate surface area is 194 Å². The van der Waals surface area contributed by atoms with Gasteiger partial charge in [0, 0.05) is 11.6 Å². The summed E-state index contributed by atoms with van der Waals surface area (Å²) >= 11 is 6.64. The summed E-state index contributed by atoms with van der Waals surface area (Å²) in [5, 5.41) is 0. The van der Waals surface area contributed by atoms with E-state index in [0.717, 1.165) is 5.56 Å². The van der Waals surface area contributed by atoms with Crippen molar-refractivity contribution < 1.29 is 23.5 Å². The van der Waals surface area contributed by atoms with Crippen molar-refractivity contribution in [2.24, 2.45) is 0 Å². The molecule has 1 saturated heterocycles. The van der Waals surface area contributed by atoms with Gasteiger partial charge in [0.25, 0.3) is 5.91 Å². The van der Waals surface area contributed by atoms with Crippen molar-refractivity contribution in [1.82, 2.24) is 0 Å². The number of methoxy groups -OCH3 is 1. The molecule has 1 fully saturated rings. The number of hydrogen-bond acceptors (Lipinski definition) is 7. The predicted octanol–water partition coefficient (Wildman–Crippen LogP) is 5.54. The second-order valence-corrected chi connectivity index (χ2v) is 8.36. The lowest BCUT2D eigenvalue weighted by atomic mass is 10.1. The second-order valence-electron chi connectivity index (χ2n) is 6.69. The lowest BCUT2D eigenvalue weighted by Gasteiger charge is -2.17. The van der Waals surface area contributed by atoms with Gasteiger partial charge in [-0.3, -0.25) is 9.69 Å². The quantitative estimate of drug-likeness (QED) is 0.269. The van der Waals surface area contributed by atoms with Gasteiger partial charge in [0.1, 0.15) is 17.3 Å². The molecule has 1 aromatic heterocycles. The highest BCUT2D eigenvalue weighted by molar-refractivity contribution is 8.27. The number of hydrogen-bond donors (Lipinski definition) is 0. The predicted molar refractivity (Wildman–Crippen MR) is 129 cm³/mol. The Balaban J connectivity index is 1.55. The van der Waals surface area contributed by atoms with E-state index in [9.17, 15) is 9.59 Å². The smallest absolute Gasteiger partial charge is 0.338 e. The summed E-state index contributed by atoms with van der Waals surface area (Å²) in [6.45, 7) is 2.09. The van der Waals surface area contributed by atoms with E-state index in [1.165, 1.54) is 16.7 Å². The third kappa shape index (κ3) is 4.32. The van der Waals surface area contributed by atoms with Crippen LogP contribution in [0.4, 0.5) is 5.69 Å². The number of thiocarbonyl (C=S) groups is 1. The van der Waals surface area contributed by atoms with Gasteiger partial charge in [0.2, 0.25) is 0 Å². The average molecular weight is 466 g/mol. The number of esters is 1. The molecule has 0 saturated carbocycles. The molecule has 32 heavy (non-hydrogen) atoms. The van der Waals surface area contributed by atoms with Gasteiger partial charge in [-0.1, -0.05) is 48.2 Å². The van der Waals surface area contributed by atoms with E-state index in [1.807, 2.05) is 18.2 Å². The highest BCUT2D eigenvalue weighted by atomic mass is 32.2. The minimum Gasteiger partial charge on any atom is -0.495 e. The van der Waals surface area contributed by atoms with Crippen LogP contribution >= 0.6 is 24.0 Å². The molecule has 4 rings (SSSR count). The molecule has 1 aliphatic heterocycles. The molecular formula is C24H19NO5S2. The number of furan rings is 1. The lowest BCUT2D eigenvalue weighted by molar-refractivity contribution is -0.113. The van der Waals surface area contributed by atoms with Gasteiger partial charge in [0.15, 0.2) is 4.32 Å². The van der Waals surface area contributed by atoms with E-state index in [0.29, 0.717) is 44.4 Å². The topological polar surface area (TPSA) is 69.0 Å². The van der Waals surface area contributed by atoms with E-state index in [2.05, 4.69) is 0 Å². The fraction of sp³-hybridized carbons (Fsp3) is 0.125. The second kappa shape index (κ2) is 9.42. The van der Waals surface area contributed by atoms with Crippen molar-refractivity contribution >= 4 is 51.9 Å². The monoisotopic (exact) mass is 465 g/mol. The van der Waals surface area contributed by atoms with Crippen molar-refractivity contribution in [3.8, 4) is 17.1 Å². The number of anilines is 1. The van der Waals surface area contributed by atoms with Crippen LogP contribution < -0.4 is 9.64 Å². The molecule has 2 aromatic carbocycles. The highest BCUT2D eigenvalue weighted by Gasteiger charge is 2.35. The average Bonchev–Trinajstić information content (AvgIpc) is 3.38. The minimum absolute atomic E-state index is 0.235. The zero-order valence-electron chi connectivity index (χ0n) is 17.4. The number of amides is 1. The first-order valence-electron chi connectivity index (χ1n) is 9.80. The Morgan fingerprint density at radius 2 is 1.88 bits per heavy atom. The van der Waals surface area contributed by atoms with Gasteiger partial charge >= 0.3 is 5.97 Å². The van der Waals surface area contributed by atoms with Gasteiger partial charge in [-0.25, -0.2) is 4.79 Å². The number of nitrogens with zero attached hydrogens (tertiary/aromatic N) is 1. The number of thioether (sulfide) groups is 1. The Hall–Kier alpha value is -3.36. The molecule has 162 valence electrons. The van der Waals surface area contributed by atoms with Crippen LogP contribution in [0.2, 0.25) is 0 Å². The van der Waals surface area contributed by atoms with Crippen LogP contribution in [0.1, 0.15) is 23.0 Å². The first-order chi connectivity index (χ1) is 15.5. The fourth-order valence-corrected chi connectivity index (χ4v) is 4.45. The molecule has 0 unspecified atom stereocenters. The largest absolute Gasteiger partial charge is 0.495 e. The molecule has 0 radical (unpaired) electrons. The fourth-order valence-electron chi connectivity index (χ4n) is 3.19. The van der Waals surface area contributed by atoms with E-state index >= 15 is 0 Å². The van der Waals surface area contributed by atoms with Crippen molar-refractivity contribution in [2.45, 2.75) is 6.92 Å². The maximum atomic E-state index is 13.0. The zero-order chi connectivity index (χ0) is 22.7. The van der Waals surface area contributed by atoms with Crippen LogP contribution in [0.15, 0.2) is 70.0 Å². The Morgan fingerprint density at radius 3 is 2.59 bits per heavy atom. The first kappa shape index (κ1) is 21.9. The maximum absolute atomic E-state index is 13.0. The normalized spacial score (nSPS) is 14.8. The number of rotatable bonds is 6. The van der Waals surface area contributed by atoms with Gasteiger partial charge in [-0.05, 0) is 43.3 Å². The van der Waals surface area contributed by atoms with Crippen molar-refractivity contribution in [3.63, 3.8) is 0 Å². The summed E-state index contributed by atoms with van der Waals surface area (Å²) < 4.78 is 16.7. The van der Waals surface area contributed by atoms with E-state index in [4.69, 9.17) is 26.1 Å². The molecule has 0 aliphatic carbocycles. The number of para-hydroxylation sites is 2. The van der Waals surface area contributed by atoms with Crippen LogP contribution in [-0.4, -0.2) is 29.9 Å². The molecule has 8 heteroatoms. The van der Waals surface area contributed by atoms with Crippen molar-refractivity contribution in [3.05, 3.63) is 76.9 Å². The molecule has 6 nitrogen and oxygen atoms in total. The number of benzene rings is 2. The molecule has 0 bridgehead atoms. The molecule has 1 amide bonds. The molecule has 0 atom stereocenters. The maximum Gasteiger partial charge on any atom is 0.338 e. The van der Waals surface area contributed by atoms with Crippen LogP contribution in [0.5, 0.6) is 5.75 Å². The van der Waals surface area contributed by atoms with Crippen LogP contribution in [0, 0.1) is 0 Å². The number of carbonyl (C=O) groups excluding carboxylic acids is 2. The Bertz CT molecular complexity index is 1210. The highest BCUT2D eigenvalue weighted by Crippen LogP contribution is 2.40. The van der Waals surface area contributed by atoms with Gasteiger partial charge < -0.3 is 13.9 Å². The van der Waals surface area contributed by atoms with Gasteiger partial charge in [-0.2, -0.15) is 0 Å². The first-order valence-corrected chi connectivity index (χ1v) is 11.0. The molecule has 0 spiro atoms. The summed E-state index contributed by atoms with van der Waals surface area (Å²) in [6.07, 6.45) is 1.67. The summed E-state index contributed by atoms with van der Waals surface area (Å²) in [7, 11) is 1.55. The van der Waals surface area contributed by atoms with Crippen LogP contribution in [0.25, 0.3) is 17.4 Å². The summed E-state index contributed by atoms with van der Waals surface area (Å²) in [6, 6.07) is 17.8.